The first-order valence-corrected chi connectivity index (χ1v) is 9.42. The number of urea groups is 1. The molecule has 7 heteroatoms. The highest BCUT2D eigenvalue weighted by Crippen LogP contribution is 2.13. The summed E-state index contributed by atoms with van der Waals surface area (Å²) in [6.07, 6.45) is 0.654. The molecule has 2 aromatic rings. The van der Waals surface area contributed by atoms with Gasteiger partial charge in [-0.1, -0.05) is 24.0 Å². The van der Waals surface area contributed by atoms with E-state index < -0.39 is 0 Å². The maximum atomic E-state index is 12.1. The molecule has 1 aromatic carbocycles. The summed E-state index contributed by atoms with van der Waals surface area (Å²) in [6, 6.07) is 10.9. The van der Waals surface area contributed by atoms with Crippen LogP contribution < -0.4 is 5.32 Å². The lowest BCUT2D eigenvalue weighted by atomic mass is 10.2. The summed E-state index contributed by atoms with van der Waals surface area (Å²) < 4.78 is 0. The number of amides is 4. The van der Waals surface area contributed by atoms with E-state index in [1.165, 1.54) is 9.80 Å². The Bertz CT molecular complexity index is 912. The van der Waals surface area contributed by atoms with E-state index >= 15 is 0 Å². The van der Waals surface area contributed by atoms with Crippen LogP contribution in [0, 0.1) is 11.8 Å². The summed E-state index contributed by atoms with van der Waals surface area (Å²) in [5.41, 5.74) is 1.49. The summed E-state index contributed by atoms with van der Waals surface area (Å²) in [7, 11) is 1.58. The molecule has 1 fully saturated rings. The van der Waals surface area contributed by atoms with Gasteiger partial charge in [0, 0.05) is 31.3 Å². The number of anilines is 1. The van der Waals surface area contributed by atoms with Gasteiger partial charge < -0.3 is 10.2 Å². The largest absolute Gasteiger partial charge is 0.326 e. The van der Waals surface area contributed by atoms with E-state index in [9.17, 15) is 14.4 Å². The standard InChI is InChI=1S/C20H19N3O3S/c1-22-14-19(25)23(20(22)26)11-3-8-18(24)21-16-6-2-5-15(13-16)9-10-17-7-4-12-27-17/h2,4-7,12-13H,3,8,11,14H2,1H3,(H,21,24). The molecule has 3 rings (SSSR count). The SMILES string of the molecule is CN1CC(=O)N(CCCC(=O)Nc2cccc(C#Cc3cccs3)c2)C1=O. The number of benzene rings is 1. The Labute approximate surface area is 161 Å². The molecule has 138 valence electrons. The smallest absolute Gasteiger partial charge is 0.326 e. The molecular weight excluding hydrogens is 362 g/mol. The van der Waals surface area contributed by atoms with Crippen molar-refractivity contribution in [3.05, 3.63) is 52.2 Å². The van der Waals surface area contributed by atoms with Crippen molar-refractivity contribution in [2.24, 2.45) is 0 Å². The molecule has 0 unspecified atom stereocenters. The minimum absolute atomic E-state index is 0.102. The molecule has 0 bridgehead atoms. The zero-order valence-corrected chi connectivity index (χ0v) is 15.7. The van der Waals surface area contributed by atoms with Gasteiger partial charge in [0.05, 0.1) is 4.88 Å². The zero-order valence-electron chi connectivity index (χ0n) is 14.9. The average molecular weight is 381 g/mol. The van der Waals surface area contributed by atoms with Gasteiger partial charge in [0.2, 0.25) is 11.8 Å². The topological polar surface area (TPSA) is 69.7 Å². The average Bonchev–Trinajstić information content (AvgIpc) is 3.24. The fraction of sp³-hybridized carbons (Fsp3) is 0.250. The Morgan fingerprint density at radius 3 is 2.78 bits per heavy atom. The highest BCUT2D eigenvalue weighted by molar-refractivity contribution is 7.10. The number of hydrogen-bond acceptors (Lipinski definition) is 4. The van der Waals surface area contributed by atoms with Crippen LogP contribution >= 0.6 is 11.3 Å². The zero-order chi connectivity index (χ0) is 19.2. The van der Waals surface area contributed by atoms with Crippen LogP contribution in [0.4, 0.5) is 10.5 Å². The van der Waals surface area contributed by atoms with Gasteiger partial charge in [-0.15, -0.1) is 11.3 Å². The van der Waals surface area contributed by atoms with Crippen molar-refractivity contribution >= 4 is 34.9 Å². The molecule has 1 saturated heterocycles. The van der Waals surface area contributed by atoms with Gasteiger partial charge in [-0.3, -0.25) is 14.5 Å². The van der Waals surface area contributed by atoms with Crippen LogP contribution in [-0.4, -0.2) is 47.8 Å². The van der Waals surface area contributed by atoms with E-state index in [0.717, 1.165) is 10.4 Å². The Hall–Kier alpha value is -3.11. The maximum absolute atomic E-state index is 12.1. The predicted octanol–water partition coefficient (Wildman–Crippen LogP) is 2.76. The number of rotatable bonds is 5. The predicted molar refractivity (Wildman–Crippen MR) is 104 cm³/mol. The van der Waals surface area contributed by atoms with E-state index in [2.05, 4.69) is 17.2 Å². The molecule has 0 saturated carbocycles. The first-order valence-electron chi connectivity index (χ1n) is 8.54. The molecule has 0 aliphatic carbocycles. The third-order valence-electron chi connectivity index (χ3n) is 4.01. The third-order valence-corrected chi connectivity index (χ3v) is 4.80. The molecular formula is C20H19N3O3S. The number of hydrogen-bond donors (Lipinski definition) is 1. The molecule has 4 amide bonds. The number of imide groups is 1. The highest BCUT2D eigenvalue weighted by atomic mass is 32.1. The maximum Gasteiger partial charge on any atom is 0.326 e. The number of nitrogens with zero attached hydrogens (tertiary/aromatic N) is 2. The second-order valence-corrected chi connectivity index (χ2v) is 7.09. The summed E-state index contributed by atoms with van der Waals surface area (Å²) in [6.45, 7) is 0.353. The number of carbonyl (C=O) groups is 3. The van der Waals surface area contributed by atoms with Crippen LogP contribution in [0.2, 0.25) is 0 Å². The molecule has 1 aliphatic heterocycles. The van der Waals surface area contributed by atoms with Gasteiger partial charge in [-0.05, 0) is 36.1 Å². The van der Waals surface area contributed by atoms with Gasteiger partial charge in [-0.25, -0.2) is 4.79 Å². The first kappa shape index (κ1) is 18.7. The molecule has 0 spiro atoms. The van der Waals surface area contributed by atoms with Gasteiger partial charge in [0.15, 0.2) is 0 Å². The lowest BCUT2D eigenvalue weighted by molar-refractivity contribution is -0.125. The van der Waals surface area contributed by atoms with E-state index in [1.54, 1.807) is 24.5 Å². The Morgan fingerprint density at radius 2 is 2.07 bits per heavy atom. The summed E-state index contributed by atoms with van der Waals surface area (Å²) in [4.78, 5) is 39.1. The Balaban J connectivity index is 1.50. The molecule has 1 aromatic heterocycles. The van der Waals surface area contributed by atoms with E-state index in [1.807, 2.05) is 35.7 Å². The van der Waals surface area contributed by atoms with E-state index in [4.69, 9.17) is 0 Å². The molecule has 0 atom stereocenters. The van der Waals surface area contributed by atoms with E-state index in [-0.39, 0.29) is 37.4 Å². The Morgan fingerprint density at radius 1 is 1.22 bits per heavy atom. The summed E-state index contributed by atoms with van der Waals surface area (Å²) in [5.74, 6) is 5.78. The van der Waals surface area contributed by atoms with Crippen molar-refractivity contribution in [2.45, 2.75) is 12.8 Å². The lowest BCUT2D eigenvalue weighted by Gasteiger charge is -2.13. The number of nitrogens with one attached hydrogen (secondary N) is 1. The van der Waals surface area contributed by atoms with Crippen LogP contribution in [0.1, 0.15) is 23.3 Å². The molecule has 6 nitrogen and oxygen atoms in total. The minimum atomic E-state index is -0.308. The number of thiophene rings is 1. The second-order valence-electron chi connectivity index (χ2n) is 6.14. The van der Waals surface area contributed by atoms with Crippen molar-refractivity contribution in [1.82, 2.24) is 9.80 Å². The van der Waals surface area contributed by atoms with Crippen molar-refractivity contribution in [3.8, 4) is 11.8 Å². The minimum Gasteiger partial charge on any atom is -0.326 e. The highest BCUT2D eigenvalue weighted by Gasteiger charge is 2.32. The fourth-order valence-electron chi connectivity index (χ4n) is 2.67. The molecule has 0 radical (unpaired) electrons. The van der Waals surface area contributed by atoms with Crippen molar-refractivity contribution in [3.63, 3.8) is 0 Å². The van der Waals surface area contributed by atoms with Crippen LogP contribution in [0.25, 0.3) is 0 Å². The molecule has 27 heavy (non-hydrogen) atoms. The molecule has 1 aliphatic rings. The number of likely N-dealkylation sites (N-methyl/N-ethyl adjacent to an activating group) is 1. The normalized spacial score (nSPS) is 13.5. The summed E-state index contributed by atoms with van der Waals surface area (Å²) in [5, 5.41) is 4.80. The molecule has 1 N–H and O–H groups in total. The Kier molecular flexibility index (Phi) is 5.89. The van der Waals surface area contributed by atoms with Gasteiger partial charge >= 0.3 is 6.03 Å². The third kappa shape index (κ3) is 4.96. The first-order chi connectivity index (χ1) is 13.0. The summed E-state index contributed by atoms with van der Waals surface area (Å²) >= 11 is 1.58. The van der Waals surface area contributed by atoms with Crippen LogP contribution in [0.15, 0.2) is 41.8 Å². The van der Waals surface area contributed by atoms with Gasteiger partial charge in [-0.2, -0.15) is 0 Å². The molecule has 2 heterocycles. The van der Waals surface area contributed by atoms with Crippen LogP contribution in [0.5, 0.6) is 0 Å². The van der Waals surface area contributed by atoms with Gasteiger partial charge in [0.25, 0.3) is 0 Å². The number of carbonyl (C=O) groups excluding carboxylic acids is 3. The van der Waals surface area contributed by atoms with E-state index in [0.29, 0.717) is 12.1 Å². The van der Waals surface area contributed by atoms with Crippen LogP contribution in [-0.2, 0) is 9.59 Å². The van der Waals surface area contributed by atoms with Crippen molar-refractivity contribution < 1.29 is 14.4 Å². The van der Waals surface area contributed by atoms with Crippen molar-refractivity contribution in [2.75, 3.05) is 25.5 Å². The quantitative estimate of drug-likeness (QED) is 0.640. The second kappa shape index (κ2) is 8.52. The lowest BCUT2D eigenvalue weighted by Crippen LogP contribution is -2.32. The monoisotopic (exact) mass is 381 g/mol. The van der Waals surface area contributed by atoms with Crippen molar-refractivity contribution in [1.29, 1.82) is 0 Å². The van der Waals surface area contributed by atoms with Crippen LogP contribution in [0.3, 0.4) is 0 Å². The fourth-order valence-corrected chi connectivity index (χ4v) is 3.24. The van der Waals surface area contributed by atoms with Gasteiger partial charge in [0.1, 0.15) is 6.54 Å².